The van der Waals surface area contributed by atoms with Gasteiger partial charge >= 0.3 is 5.97 Å². The van der Waals surface area contributed by atoms with E-state index in [-0.39, 0.29) is 11.7 Å². The first-order valence-corrected chi connectivity index (χ1v) is 5.69. The molecule has 1 aromatic carbocycles. The van der Waals surface area contributed by atoms with E-state index in [0.717, 1.165) is 30.6 Å². The van der Waals surface area contributed by atoms with Gasteiger partial charge in [-0.25, -0.2) is 4.79 Å². The van der Waals surface area contributed by atoms with Gasteiger partial charge in [-0.05, 0) is 43.0 Å². The molecular weight excluding hydrogens is 220 g/mol. The Hall–Kier alpha value is -1.84. The van der Waals surface area contributed by atoms with Crippen molar-refractivity contribution in [3.05, 3.63) is 29.3 Å². The van der Waals surface area contributed by atoms with Crippen molar-refractivity contribution in [3.8, 4) is 5.75 Å². The number of Topliss-reactive ketones (excluding diaryl/α,β-unsaturated/α-hetero) is 1. The minimum Gasteiger partial charge on any atom is -0.490 e. The maximum Gasteiger partial charge on any atom is 0.377 e. The molecule has 0 bridgehead atoms. The lowest BCUT2D eigenvalue weighted by Gasteiger charge is -2.25. The van der Waals surface area contributed by atoms with Crippen molar-refractivity contribution in [3.63, 3.8) is 0 Å². The Morgan fingerprint density at radius 1 is 1.47 bits per heavy atom. The Balaban J connectivity index is 2.27. The largest absolute Gasteiger partial charge is 0.490 e. The third-order valence-corrected chi connectivity index (χ3v) is 3.00. The molecule has 0 fully saturated rings. The summed E-state index contributed by atoms with van der Waals surface area (Å²) in [6, 6.07) is 4.82. The number of carbonyl (C=O) groups is 2. The monoisotopic (exact) mass is 234 g/mol. The minimum absolute atomic E-state index is 0.217. The summed E-state index contributed by atoms with van der Waals surface area (Å²) in [6.45, 7) is 2.07. The number of aliphatic carboxylic acids is 1. The summed E-state index contributed by atoms with van der Waals surface area (Å²) in [5.41, 5.74) is 1.14. The van der Waals surface area contributed by atoms with Crippen molar-refractivity contribution >= 4 is 11.8 Å². The standard InChI is InChI=1S/C13H14O4/c1-2-10-5-3-8-7-9(12(14)13(15)16)4-6-11(8)17-10/h4,6-7,10H,2-3,5H2,1H3,(H,15,16). The van der Waals surface area contributed by atoms with Gasteiger partial charge in [-0.1, -0.05) is 6.92 Å². The zero-order valence-corrected chi connectivity index (χ0v) is 9.60. The first kappa shape index (κ1) is 11.6. The first-order chi connectivity index (χ1) is 8.11. The zero-order chi connectivity index (χ0) is 12.4. The highest BCUT2D eigenvalue weighted by atomic mass is 16.5. The fourth-order valence-electron chi connectivity index (χ4n) is 2.00. The number of carbonyl (C=O) groups excluding carboxylic acids is 1. The van der Waals surface area contributed by atoms with Crippen LogP contribution in [0, 0.1) is 0 Å². The quantitative estimate of drug-likeness (QED) is 0.642. The van der Waals surface area contributed by atoms with Gasteiger partial charge in [-0.3, -0.25) is 4.79 Å². The van der Waals surface area contributed by atoms with E-state index in [0.29, 0.717) is 0 Å². The third kappa shape index (κ3) is 2.30. The van der Waals surface area contributed by atoms with Crippen molar-refractivity contribution in [1.82, 2.24) is 0 Å². The topological polar surface area (TPSA) is 63.6 Å². The van der Waals surface area contributed by atoms with Crippen LogP contribution in [0.15, 0.2) is 18.2 Å². The summed E-state index contributed by atoms with van der Waals surface area (Å²) < 4.78 is 5.72. The number of ketones is 1. The molecule has 1 N–H and O–H groups in total. The molecule has 0 aromatic heterocycles. The SMILES string of the molecule is CCC1CCc2cc(C(=O)C(=O)O)ccc2O1. The molecule has 0 radical (unpaired) electrons. The molecule has 1 aliphatic rings. The number of carboxylic acid groups (broad SMARTS) is 1. The molecule has 0 saturated heterocycles. The van der Waals surface area contributed by atoms with Crippen LogP contribution in [0.2, 0.25) is 0 Å². The van der Waals surface area contributed by atoms with E-state index in [4.69, 9.17) is 9.84 Å². The molecule has 0 aliphatic carbocycles. The van der Waals surface area contributed by atoms with Crippen molar-refractivity contribution < 1.29 is 19.4 Å². The van der Waals surface area contributed by atoms with Gasteiger partial charge in [0.2, 0.25) is 0 Å². The summed E-state index contributed by atoms with van der Waals surface area (Å²) >= 11 is 0. The van der Waals surface area contributed by atoms with Crippen molar-refractivity contribution in [1.29, 1.82) is 0 Å². The highest BCUT2D eigenvalue weighted by Gasteiger charge is 2.21. The molecule has 4 nitrogen and oxygen atoms in total. The highest BCUT2D eigenvalue weighted by Crippen LogP contribution is 2.29. The number of ether oxygens (including phenoxy) is 1. The van der Waals surface area contributed by atoms with E-state index in [1.54, 1.807) is 12.1 Å². The Labute approximate surface area is 99.2 Å². The highest BCUT2D eigenvalue weighted by molar-refractivity contribution is 6.39. The van der Waals surface area contributed by atoms with Crippen LogP contribution in [0.1, 0.15) is 35.7 Å². The average Bonchev–Trinajstić information content (AvgIpc) is 2.36. The van der Waals surface area contributed by atoms with E-state index < -0.39 is 11.8 Å². The molecule has 1 atom stereocenters. The van der Waals surface area contributed by atoms with Gasteiger partial charge in [0.05, 0.1) is 6.10 Å². The van der Waals surface area contributed by atoms with Crippen LogP contribution in [-0.4, -0.2) is 23.0 Å². The van der Waals surface area contributed by atoms with E-state index in [9.17, 15) is 9.59 Å². The molecule has 0 saturated carbocycles. The van der Waals surface area contributed by atoms with Crippen LogP contribution in [-0.2, 0) is 11.2 Å². The maximum absolute atomic E-state index is 11.3. The summed E-state index contributed by atoms with van der Waals surface area (Å²) in [4.78, 5) is 21.9. The number of hydrogen-bond donors (Lipinski definition) is 1. The second-order valence-electron chi connectivity index (χ2n) is 4.14. The molecule has 4 heteroatoms. The second kappa shape index (κ2) is 4.57. The lowest BCUT2D eigenvalue weighted by Crippen LogP contribution is -2.22. The number of benzene rings is 1. The number of fused-ring (bicyclic) bond motifs is 1. The Bertz CT molecular complexity index is 464. The summed E-state index contributed by atoms with van der Waals surface area (Å²) in [5.74, 6) is -1.52. The smallest absolute Gasteiger partial charge is 0.377 e. The molecule has 17 heavy (non-hydrogen) atoms. The zero-order valence-electron chi connectivity index (χ0n) is 9.60. The first-order valence-electron chi connectivity index (χ1n) is 5.69. The maximum atomic E-state index is 11.3. The van der Waals surface area contributed by atoms with Gasteiger partial charge in [0.25, 0.3) is 5.78 Å². The van der Waals surface area contributed by atoms with Crippen molar-refractivity contribution in [2.45, 2.75) is 32.3 Å². The van der Waals surface area contributed by atoms with E-state index in [1.807, 2.05) is 0 Å². The molecule has 1 unspecified atom stereocenters. The summed E-state index contributed by atoms with van der Waals surface area (Å²) in [7, 11) is 0. The minimum atomic E-state index is -1.42. The summed E-state index contributed by atoms with van der Waals surface area (Å²) in [5, 5.41) is 8.64. The molecule has 0 spiro atoms. The van der Waals surface area contributed by atoms with Crippen molar-refractivity contribution in [2.75, 3.05) is 0 Å². The molecule has 0 amide bonds. The Morgan fingerprint density at radius 2 is 2.24 bits per heavy atom. The summed E-state index contributed by atoms with van der Waals surface area (Å²) in [6.07, 6.45) is 2.92. The van der Waals surface area contributed by atoms with Crippen LogP contribution in [0.3, 0.4) is 0 Å². The fourth-order valence-corrected chi connectivity index (χ4v) is 2.00. The fraction of sp³-hybridized carbons (Fsp3) is 0.385. The predicted molar refractivity (Wildman–Crippen MR) is 61.4 cm³/mol. The average molecular weight is 234 g/mol. The van der Waals surface area contributed by atoms with Gasteiger partial charge < -0.3 is 9.84 Å². The predicted octanol–water partition coefficient (Wildman–Crippen LogP) is 2.06. The van der Waals surface area contributed by atoms with E-state index >= 15 is 0 Å². The van der Waals surface area contributed by atoms with Crippen molar-refractivity contribution in [2.24, 2.45) is 0 Å². The normalized spacial score (nSPS) is 18.1. The second-order valence-corrected chi connectivity index (χ2v) is 4.14. The molecule has 90 valence electrons. The van der Waals surface area contributed by atoms with Crippen LogP contribution in [0.5, 0.6) is 5.75 Å². The van der Waals surface area contributed by atoms with Crippen LogP contribution < -0.4 is 4.74 Å². The molecule has 1 heterocycles. The number of aryl methyl sites for hydroxylation is 1. The number of hydrogen-bond acceptors (Lipinski definition) is 3. The number of carboxylic acids is 1. The van der Waals surface area contributed by atoms with Gasteiger partial charge in [0.15, 0.2) is 0 Å². The van der Waals surface area contributed by atoms with E-state index in [1.165, 1.54) is 6.07 Å². The lowest BCUT2D eigenvalue weighted by molar-refractivity contribution is -0.131. The van der Waals surface area contributed by atoms with Gasteiger partial charge in [0, 0.05) is 5.56 Å². The van der Waals surface area contributed by atoms with E-state index in [2.05, 4.69) is 6.92 Å². The van der Waals surface area contributed by atoms with Gasteiger partial charge in [0.1, 0.15) is 5.75 Å². The number of rotatable bonds is 3. The molecule has 1 aliphatic heterocycles. The van der Waals surface area contributed by atoms with Gasteiger partial charge in [-0.15, -0.1) is 0 Å². The lowest BCUT2D eigenvalue weighted by atomic mass is 9.98. The van der Waals surface area contributed by atoms with Crippen LogP contribution in [0.25, 0.3) is 0 Å². The Kier molecular flexibility index (Phi) is 3.13. The Morgan fingerprint density at radius 3 is 2.88 bits per heavy atom. The van der Waals surface area contributed by atoms with Gasteiger partial charge in [-0.2, -0.15) is 0 Å². The molecular formula is C13H14O4. The molecule has 2 rings (SSSR count). The molecule has 1 aromatic rings. The van der Waals surface area contributed by atoms with Crippen LogP contribution >= 0.6 is 0 Å². The van der Waals surface area contributed by atoms with Crippen LogP contribution in [0.4, 0.5) is 0 Å². The third-order valence-electron chi connectivity index (χ3n) is 3.00.